The van der Waals surface area contributed by atoms with Crippen molar-refractivity contribution in [1.82, 2.24) is 5.32 Å². The normalized spacial score (nSPS) is 10.2. The Balaban J connectivity index is 1.77. The number of benzene rings is 1. The predicted molar refractivity (Wildman–Crippen MR) is 73.3 cm³/mol. The molecule has 1 aromatic carbocycles. The maximum atomic E-state index is 13.2. The highest BCUT2D eigenvalue weighted by Gasteiger charge is 2.09. The molecule has 0 fully saturated rings. The first-order chi connectivity index (χ1) is 9.18. The van der Waals surface area contributed by atoms with E-state index in [2.05, 4.69) is 5.32 Å². The fourth-order valence-electron chi connectivity index (χ4n) is 1.57. The number of thiophene rings is 1. The minimum Gasteiger partial charge on any atom is -0.489 e. The number of aryl methyl sites for hydroxylation is 1. The van der Waals surface area contributed by atoms with Crippen LogP contribution in [-0.2, 0) is 0 Å². The first-order valence-electron chi connectivity index (χ1n) is 5.88. The number of ether oxygens (including phenoxy) is 1. The SMILES string of the molecule is Cc1ccsc1C(=O)NCCOc1ccccc1F. The van der Waals surface area contributed by atoms with E-state index in [1.807, 2.05) is 18.4 Å². The van der Waals surface area contributed by atoms with Crippen LogP contribution in [0.4, 0.5) is 4.39 Å². The first-order valence-corrected chi connectivity index (χ1v) is 6.76. The molecule has 0 aliphatic heterocycles. The summed E-state index contributed by atoms with van der Waals surface area (Å²) < 4.78 is 18.5. The lowest BCUT2D eigenvalue weighted by atomic mass is 10.3. The quantitative estimate of drug-likeness (QED) is 0.854. The molecule has 0 saturated carbocycles. The molecule has 19 heavy (non-hydrogen) atoms. The number of amides is 1. The van der Waals surface area contributed by atoms with E-state index in [0.717, 1.165) is 5.56 Å². The van der Waals surface area contributed by atoms with Crippen molar-refractivity contribution in [3.8, 4) is 5.75 Å². The van der Waals surface area contributed by atoms with E-state index < -0.39 is 5.82 Å². The maximum Gasteiger partial charge on any atom is 0.261 e. The van der Waals surface area contributed by atoms with Gasteiger partial charge in [0.15, 0.2) is 11.6 Å². The molecule has 0 atom stereocenters. The average molecular weight is 279 g/mol. The summed E-state index contributed by atoms with van der Waals surface area (Å²) in [6.45, 7) is 2.46. The second kappa shape index (κ2) is 6.33. The Morgan fingerprint density at radius 1 is 1.37 bits per heavy atom. The smallest absolute Gasteiger partial charge is 0.261 e. The number of halogens is 1. The van der Waals surface area contributed by atoms with Crippen LogP contribution in [0, 0.1) is 12.7 Å². The molecule has 0 saturated heterocycles. The van der Waals surface area contributed by atoms with Gasteiger partial charge < -0.3 is 10.1 Å². The summed E-state index contributed by atoms with van der Waals surface area (Å²) in [6, 6.07) is 8.09. The van der Waals surface area contributed by atoms with Crippen molar-refractivity contribution >= 4 is 17.2 Å². The van der Waals surface area contributed by atoms with Crippen molar-refractivity contribution in [1.29, 1.82) is 0 Å². The van der Waals surface area contributed by atoms with E-state index in [9.17, 15) is 9.18 Å². The molecule has 0 spiro atoms. The Bertz CT molecular complexity index is 568. The number of hydrogen-bond acceptors (Lipinski definition) is 3. The zero-order valence-corrected chi connectivity index (χ0v) is 11.3. The monoisotopic (exact) mass is 279 g/mol. The minimum absolute atomic E-state index is 0.121. The zero-order chi connectivity index (χ0) is 13.7. The number of carbonyl (C=O) groups excluding carboxylic acids is 1. The Morgan fingerprint density at radius 3 is 2.84 bits per heavy atom. The average Bonchev–Trinajstić information content (AvgIpc) is 2.82. The van der Waals surface area contributed by atoms with Crippen LogP contribution in [0.2, 0.25) is 0 Å². The largest absolute Gasteiger partial charge is 0.489 e. The Labute approximate surface area is 115 Å². The molecule has 0 radical (unpaired) electrons. The lowest BCUT2D eigenvalue weighted by Crippen LogP contribution is -2.27. The third-order valence-electron chi connectivity index (χ3n) is 2.55. The summed E-state index contributed by atoms with van der Waals surface area (Å²) >= 11 is 1.40. The number of nitrogens with one attached hydrogen (secondary N) is 1. The zero-order valence-electron chi connectivity index (χ0n) is 10.5. The molecule has 5 heteroatoms. The molecule has 0 bridgehead atoms. The molecule has 1 heterocycles. The molecule has 1 amide bonds. The van der Waals surface area contributed by atoms with Gasteiger partial charge in [0.05, 0.1) is 11.4 Å². The third kappa shape index (κ3) is 3.54. The van der Waals surface area contributed by atoms with Crippen molar-refractivity contribution in [2.24, 2.45) is 0 Å². The van der Waals surface area contributed by atoms with Gasteiger partial charge >= 0.3 is 0 Å². The number of carbonyl (C=O) groups is 1. The van der Waals surface area contributed by atoms with Crippen molar-refractivity contribution in [2.45, 2.75) is 6.92 Å². The molecular formula is C14H14FNO2S. The summed E-state index contributed by atoms with van der Waals surface area (Å²) in [4.78, 5) is 12.5. The summed E-state index contributed by atoms with van der Waals surface area (Å²) in [5, 5.41) is 4.61. The molecule has 0 aliphatic rings. The van der Waals surface area contributed by atoms with Crippen LogP contribution in [-0.4, -0.2) is 19.1 Å². The van der Waals surface area contributed by atoms with Gasteiger partial charge in [0.2, 0.25) is 0 Å². The van der Waals surface area contributed by atoms with Gasteiger partial charge in [-0.1, -0.05) is 12.1 Å². The van der Waals surface area contributed by atoms with Crippen LogP contribution >= 0.6 is 11.3 Å². The molecule has 3 nitrogen and oxygen atoms in total. The van der Waals surface area contributed by atoms with Gasteiger partial charge in [-0.05, 0) is 36.1 Å². The number of rotatable bonds is 5. The topological polar surface area (TPSA) is 38.3 Å². The molecule has 100 valence electrons. The second-order valence-electron chi connectivity index (χ2n) is 3.97. The molecule has 2 aromatic rings. The molecule has 2 rings (SSSR count). The lowest BCUT2D eigenvalue weighted by molar-refractivity contribution is 0.0950. The maximum absolute atomic E-state index is 13.2. The van der Waals surface area contributed by atoms with Gasteiger partial charge in [0, 0.05) is 0 Å². The van der Waals surface area contributed by atoms with E-state index in [0.29, 0.717) is 11.4 Å². The highest BCUT2D eigenvalue weighted by Crippen LogP contribution is 2.16. The molecule has 0 unspecified atom stereocenters. The van der Waals surface area contributed by atoms with Crippen LogP contribution in [0.25, 0.3) is 0 Å². The van der Waals surface area contributed by atoms with Gasteiger partial charge in [-0.2, -0.15) is 0 Å². The lowest BCUT2D eigenvalue weighted by Gasteiger charge is -2.08. The van der Waals surface area contributed by atoms with E-state index in [4.69, 9.17) is 4.74 Å². The summed E-state index contributed by atoms with van der Waals surface area (Å²) in [7, 11) is 0. The minimum atomic E-state index is -0.400. The van der Waals surface area contributed by atoms with Gasteiger partial charge in [-0.3, -0.25) is 4.79 Å². The molecule has 0 aliphatic carbocycles. The highest BCUT2D eigenvalue weighted by molar-refractivity contribution is 7.12. The Hall–Kier alpha value is -1.88. The summed E-state index contributed by atoms with van der Waals surface area (Å²) in [6.07, 6.45) is 0. The molecular weight excluding hydrogens is 265 g/mol. The standard InChI is InChI=1S/C14H14FNO2S/c1-10-6-9-19-13(10)14(17)16-7-8-18-12-5-3-2-4-11(12)15/h2-6,9H,7-8H2,1H3,(H,16,17). The van der Waals surface area contributed by atoms with Gasteiger partial charge in [0.1, 0.15) is 6.61 Å². The van der Waals surface area contributed by atoms with E-state index in [-0.39, 0.29) is 18.3 Å². The van der Waals surface area contributed by atoms with Crippen LogP contribution in [0.5, 0.6) is 5.75 Å². The second-order valence-corrected chi connectivity index (χ2v) is 4.88. The van der Waals surface area contributed by atoms with E-state index >= 15 is 0 Å². The van der Waals surface area contributed by atoms with Crippen LogP contribution < -0.4 is 10.1 Å². The fraction of sp³-hybridized carbons (Fsp3) is 0.214. The van der Waals surface area contributed by atoms with Crippen molar-refractivity contribution < 1.29 is 13.9 Å². The Kier molecular flexibility index (Phi) is 4.52. The summed E-state index contributed by atoms with van der Waals surface area (Å²) in [5.74, 6) is -0.323. The number of para-hydroxylation sites is 1. The van der Waals surface area contributed by atoms with Crippen molar-refractivity contribution in [3.05, 3.63) is 52.0 Å². The van der Waals surface area contributed by atoms with Crippen molar-refractivity contribution in [3.63, 3.8) is 0 Å². The first kappa shape index (κ1) is 13.5. The Morgan fingerprint density at radius 2 is 2.16 bits per heavy atom. The third-order valence-corrected chi connectivity index (χ3v) is 3.57. The van der Waals surface area contributed by atoms with Gasteiger partial charge in [0.25, 0.3) is 5.91 Å². The van der Waals surface area contributed by atoms with E-state index in [1.165, 1.54) is 17.4 Å². The summed E-state index contributed by atoms with van der Waals surface area (Å²) in [5.41, 5.74) is 0.956. The predicted octanol–water partition coefficient (Wildman–Crippen LogP) is 3.00. The van der Waals surface area contributed by atoms with Crippen LogP contribution in [0.15, 0.2) is 35.7 Å². The van der Waals surface area contributed by atoms with Crippen LogP contribution in [0.3, 0.4) is 0 Å². The van der Waals surface area contributed by atoms with Gasteiger partial charge in [-0.25, -0.2) is 4.39 Å². The fourth-order valence-corrected chi connectivity index (χ4v) is 2.41. The number of hydrogen-bond donors (Lipinski definition) is 1. The van der Waals surface area contributed by atoms with Crippen molar-refractivity contribution in [2.75, 3.05) is 13.2 Å². The van der Waals surface area contributed by atoms with Crippen LogP contribution in [0.1, 0.15) is 15.2 Å². The van der Waals surface area contributed by atoms with E-state index in [1.54, 1.807) is 18.2 Å². The highest BCUT2D eigenvalue weighted by atomic mass is 32.1. The molecule has 1 aromatic heterocycles. The molecule has 1 N–H and O–H groups in total. The van der Waals surface area contributed by atoms with Gasteiger partial charge in [-0.15, -0.1) is 11.3 Å².